The fraction of sp³-hybridized carbons (Fsp3) is 0.217. The molecule has 116 valence electrons. The minimum absolute atomic E-state index is 0.464. The van der Waals surface area contributed by atoms with E-state index in [1.807, 2.05) is 6.08 Å². The van der Waals surface area contributed by atoms with Crippen LogP contribution in [0, 0.1) is 26.2 Å². The highest BCUT2D eigenvalue weighted by Crippen LogP contribution is 2.44. The van der Waals surface area contributed by atoms with Crippen molar-refractivity contribution in [2.45, 2.75) is 33.6 Å². The van der Waals surface area contributed by atoms with Crippen LogP contribution in [0.4, 0.5) is 0 Å². The van der Waals surface area contributed by atoms with Crippen LogP contribution >= 0.6 is 0 Å². The topological polar surface area (TPSA) is 0 Å². The Balaban J connectivity index is 0.000000203. The van der Waals surface area contributed by atoms with Crippen molar-refractivity contribution in [1.29, 1.82) is 0 Å². The first-order valence-electron chi connectivity index (χ1n) is 8.04. The molecule has 2 aromatic carbocycles. The summed E-state index contributed by atoms with van der Waals surface area (Å²) in [4.78, 5) is 0. The molecule has 3 rings (SSSR count). The number of benzene rings is 2. The number of aryl methyl sites for hydroxylation is 2. The number of hydrogen-bond acceptors (Lipinski definition) is 0. The van der Waals surface area contributed by atoms with Gasteiger partial charge in [-0.2, -0.15) is 0 Å². The minimum atomic E-state index is 0.464. The Bertz CT molecular complexity index is 743. The third-order valence-electron chi connectivity index (χ3n) is 4.25. The monoisotopic (exact) mass is 300 g/mol. The summed E-state index contributed by atoms with van der Waals surface area (Å²) >= 11 is 0. The van der Waals surface area contributed by atoms with Crippen molar-refractivity contribution in [2.75, 3.05) is 0 Å². The Labute approximate surface area is 140 Å². The van der Waals surface area contributed by atoms with Crippen molar-refractivity contribution in [1.82, 2.24) is 0 Å². The van der Waals surface area contributed by atoms with Crippen LogP contribution in [0.2, 0.25) is 0 Å². The van der Waals surface area contributed by atoms with E-state index in [9.17, 15) is 0 Å². The normalized spacial score (nSPS) is 19.0. The van der Waals surface area contributed by atoms with Crippen molar-refractivity contribution in [3.8, 4) is 12.3 Å². The van der Waals surface area contributed by atoms with Gasteiger partial charge in [-0.1, -0.05) is 78.6 Å². The van der Waals surface area contributed by atoms with E-state index in [0.717, 1.165) is 0 Å². The fourth-order valence-electron chi connectivity index (χ4n) is 2.96. The molecule has 0 N–H and O–H groups in total. The molecule has 1 aliphatic carbocycles. The van der Waals surface area contributed by atoms with Gasteiger partial charge in [0.15, 0.2) is 0 Å². The molecule has 0 saturated carbocycles. The van der Waals surface area contributed by atoms with Crippen molar-refractivity contribution in [3.05, 3.63) is 88.5 Å². The average molecular weight is 300 g/mol. The van der Waals surface area contributed by atoms with Crippen LogP contribution in [0.5, 0.6) is 0 Å². The van der Waals surface area contributed by atoms with Crippen molar-refractivity contribution < 1.29 is 0 Å². The Morgan fingerprint density at radius 3 is 2.04 bits per heavy atom. The van der Waals surface area contributed by atoms with E-state index in [4.69, 9.17) is 6.42 Å². The predicted octanol–water partition coefficient (Wildman–Crippen LogP) is 6.07. The van der Waals surface area contributed by atoms with Crippen molar-refractivity contribution in [3.63, 3.8) is 0 Å². The lowest BCUT2D eigenvalue weighted by Crippen LogP contribution is -1.88. The molecule has 0 aromatic heterocycles. The van der Waals surface area contributed by atoms with Crippen LogP contribution in [0.3, 0.4) is 0 Å². The van der Waals surface area contributed by atoms with E-state index in [2.05, 4.69) is 88.2 Å². The van der Waals surface area contributed by atoms with Gasteiger partial charge in [-0.3, -0.25) is 0 Å². The molecule has 0 nitrogen and oxygen atoms in total. The molecular formula is C23H24. The van der Waals surface area contributed by atoms with Crippen LogP contribution in [0.15, 0.2) is 66.3 Å². The Hall–Kier alpha value is -2.52. The lowest BCUT2D eigenvalue weighted by molar-refractivity contribution is 0.955. The van der Waals surface area contributed by atoms with Gasteiger partial charge >= 0.3 is 0 Å². The lowest BCUT2D eigenvalue weighted by Gasteiger charge is -2.05. The number of allylic oxidation sites excluding steroid dienone is 4. The van der Waals surface area contributed by atoms with Crippen LogP contribution < -0.4 is 0 Å². The summed E-state index contributed by atoms with van der Waals surface area (Å²) in [7, 11) is 0. The third kappa shape index (κ3) is 3.82. The molecule has 0 heterocycles. The average Bonchev–Trinajstić information content (AvgIpc) is 2.84. The predicted molar refractivity (Wildman–Crippen MR) is 101 cm³/mol. The van der Waals surface area contributed by atoms with Gasteiger partial charge in [0, 0.05) is 5.92 Å². The number of rotatable bonds is 0. The second kappa shape index (κ2) is 7.65. The van der Waals surface area contributed by atoms with Gasteiger partial charge in [-0.15, -0.1) is 6.42 Å². The Morgan fingerprint density at radius 2 is 1.52 bits per heavy atom. The molecule has 0 aliphatic heterocycles. The molecule has 23 heavy (non-hydrogen) atoms. The van der Waals surface area contributed by atoms with E-state index in [1.54, 1.807) is 0 Å². The van der Waals surface area contributed by atoms with E-state index in [-0.39, 0.29) is 0 Å². The van der Waals surface area contributed by atoms with Gasteiger partial charge in [0.25, 0.3) is 0 Å². The van der Waals surface area contributed by atoms with Gasteiger partial charge in [-0.05, 0) is 49.1 Å². The van der Waals surface area contributed by atoms with E-state index < -0.39 is 0 Å². The molecule has 0 fully saturated rings. The zero-order valence-corrected chi connectivity index (χ0v) is 14.4. The molecule has 0 heteroatoms. The summed E-state index contributed by atoms with van der Waals surface area (Å²) < 4.78 is 0. The van der Waals surface area contributed by atoms with Crippen LogP contribution in [0.25, 0.3) is 5.57 Å². The number of terminal acetylenes is 1. The molecule has 0 amide bonds. The molecular weight excluding hydrogens is 276 g/mol. The maximum absolute atomic E-state index is 5.37. The molecule has 0 radical (unpaired) electrons. The molecule has 0 saturated heterocycles. The summed E-state index contributed by atoms with van der Waals surface area (Å²) in [6.07, 6.45) is 9.41. The SMILES string of the molecule is C#C/C=C1\C(=C/C)C(C)c2ccccc21.Cc1ccc(C)cc1. The van der Waals surface area contributed by atoms with Crippen molar-refractivity contribution >= 4 is 5.57 Å². The zero-order chi connectivity index (χ0) is 16.8. The quantitative estimate of drug-likeness (QED) is 0.518. The molecule has 1 unspecified atom stereocenters. The van der Waals surface area contributed by atoms with Crippen LogP contribution in [-0.2, 0) is 0 Å². The summed E-state index contributed by atoms with van der Waals surface area (Å²) in [5.74, 6) is 3.10. The molecule has 0 spiro atoms. The smallest absolute Gasteiger partial charge is 0.00702 e. The van der Waals surface area contributed by atoms with Gasteiger partial charge in [0.1, 0.15) is 0 Å². The van der Waals surface area contributed by atoms with E-state index >= 15 is 0 Å². The molecule has 1 aliphatic rings. The zero-order valence-electron chi connectivity index (χ0n) is 14.4. The van der Waals surface area contributed by atoms with Gasteiger partial charge in [0.2, 0.25) is 0 Å². The fourth-order valence-corrected chi connectivity index (χ4v) is 2.96. The maximum atomic E-state index is 5.37. The van der Waals surface area contributed by atoms with Crippen LogP contribution in [-0.4, -0.2) is 0 Å². The van der Waals surface area contributed by atoms with E-state index in [0.29, 0.717) is 5.92 Å². The Morgan fingerprint density at radius 1 is 0.957 bits per heavy atom. The van der Waals surface area contributed by atoms with Crippen molar-refractivity contribution in [2.24, 2.45) is 0 Å². The molecule has 1 atom stereocenters. The highest BCUT2D eigenvalue weighted by molar-refractivity contribution is 5.88. The first kappa shape index (κ1) is 16.8. The first-order valence-corrected chi connectivity index (χ1v) is 8.04. The standard InChI is InChI=1S/C15H14.C8H10/c1-4-8-14-12(5-2)11(3)13-9-6-7-10-15(13)14;1-7-3-5-8(2)6-4-7/h1,5-11H,2-3H3;3-6H,1-2H3/b12-5-,14-8+;. The molecule has 0 bridgehead atoms. The third-order valence-corrected chi connectivity index (χ3v) is 4.25. The van der Waals surface area contributed by atoms with E-state index in [1.165, 1.54) is 33.4 Å². The maximum Gasteiger partial charge on any atom is 0.00702 e. The Kier molecular flexibility index (Phi) is 5.61. The largest absolute Gasteiger partial charge is 0.115 e. The summed E-state index contributed by atoms with van der Waals surface area (Å²) in [6.45, 7) is 8.49. The van der Waals surface area contributed by atoms with Gasteiger partial charge < -0.3 is 0 Å². The summed E-state index contributed by atoms with van der Waals surface area (Å²) in [6, 6.07) is 17.0. The second-order valence-corrected chi connectivity index (χ2v) is 5.93. The van der Waals surface area contributed by atoms with Gasteiger partial charge in [0.05, 0.1) is 0 Å². The number of fused-ring (bicyclic) bond motifs is 1. The number of hydrogen-bond donors (Lipinski definition) is 0. The summed E-state index contributed by atoms with van der Waals surface area (Å²) in [5, 5.41) is 0. The second-order valence-electron chi connectivity index (χ2n) is 5.93. The minimum Gasteiger partial charge on any atom is -0.115 e. The molecule has 2 aromatic rings. The van der Waals surface area contributed by atoms with Gasteiger partial charge in [-0.25, -0.2) is 0 Å². The first-order chi connectivity index (χ1) is 11.1. The summed E-state index contributed by atoms with van der Waals surface area (Å²) in [5.41, 5.74) is 7.88. The highest BCUT2D eigenvalue weighted by Gasteiger charge is 2.26. The highest BCUT2D eigenvalue weighted by atomic mass is 14.3. The van der Waals surface area contributed by atoms with Crippen LogP contribution in [0.1, 0.15) is 42.0 Å². The lowest BCUT2D eigenvalue weighted by atomic mass is 9.99.